The van der Waals surface area contributed by atoms with Crippen molar-refractivity contribution in [3.05, 3.63) is 23.8 Å². The van der Waals surface area contributed by atoms with Crippen LogP contribution < -0.4 is 4.90 Å². The second-order valence-electron chi connectivity index (χ2n) is 5.32. The van der Waals surface area contributed by atoms with Crippen LogP contribution in [-0.4, -0.2) is 44.2 Å². The summed E-state index contributed by atoms with van der Waals surface area (Å²) in [6, 6.07) is 0. The lowest BCUT2D eigenvalue weighted by atomic mass is 10.2. The zero-order valence-electron chi connectivity index (χ0n) is 12.5. The summed E-state index contributed by atoms with van der Waals surface area (Å²) in [6.45, 7) is -0.0783. The number of fused-ring (bicyclic) bond motifs is 1. The Morgan fingerprint density at radius 2 is 2.18 bits per heavy atom. The van der Waals surface area contributed by atoms with Crippen LogP contribution in [0, 0.1) is 0 Å². The second-order valence-corrected chi connectivity index (χ2v) is 5.32. The molecule has 2 heterocycles. The number of carboxylic acid groups (broad SMARTS) is 1. The van der Waals surface area contributed by atoms with Gasteiger partial charge in [0, 0.05) is 31.5 Å². The molecular weight excluding hydrogens is 306 g/mol. The van der Waals surface area contributed by atoms with E-state index in [9.17, 15) is 4.79 Å². The Labute approximate surface area is 134 Å². The lowest BCUT2D eigenvalue weighted by molar-refractivity contribution is -0.135. The largest absolute Gasteiger partial charge is 0.480 e. The van der Waals surface area contributed by atoms with Gasteiger partial charge in [0.25, 0.3) is 0 Å². The summed E-state index contributed by atoms with van der Waals surface area (Å²) in [5, 5.41) is 8.98. The molecule has 22 heavy (non-hydrogen) atoms. The summed E-state index contributed by atoms with van der Waals surface area (Å²) >= 11 is 0. The number of aryl methyl sites for hydroxylation is 2. The molecule has 0 spiro atoms. The summed E-state index contributed by atoms with van der Waals surface area (Å²) in [7, 11) is 3.64. The number of carboxylic acids is 1. The summed E-state index contributed by atoms with van der Waals surface area (Å²) in [5.74, 6) is 0.395. The zero-order valence-corrected chi connectivity index (χ0v) is 13.3. The summed E-state index contributed by atoms with van der Waals surface area (Å²) < 4.78 is 1.84. The number of halogens is 1. The van der Waals surface area contributed by atoms with Crippen molar-refractivity contribution in [2.24, 2.45) is 7.05 Å². The first-order valence-corrected chi connectivity index (χ1v) is 6.85. The predicted molar refractivity (Wildman–Crippen MR) is 84.4 cm³/mol. The van der Waals surface area contributed by atoms with E-state index in [1.807, 2.05) is 17.8 Å². The minimum atomic E-state index is -0.873. The minimum Gasteiger partial charge on any atom is -0.480 e. The maximum atomic E-state index is 10.9. The number of nitrogens with zero attached hydrogens (tertiary/aromatic N) is 5. The van der Waals surface area contributed by atoms with Crippen LogP contribution in [0.2, 0.25) is 0 Å². The third-order valence-corrected chi connectivity index (χ3v) is 3.58. The Hall–Kier alpha value is -2.15. The molecule has 0 bridgehead atoms. The molecule has 0 aromatic carbocycles. The molecule has 0 fully saturated rings. The monoisotopic (exact) mass is 323 g/mol. The van der Waals surface area contributed by atoms with Gasteiger partial charge in [-0.25, -0.2) is 15.0 Å². The van der Waals surface area contributed by atoms with Gasteiger partial charge in [0.15, 0.2) is 5.82 Å². The number of carbonyl (C=O) groups is 1. The predicted octanol–water partition coefficient (Wildman–Crippen LogP) is 1.31. The van der Waals surface area contributed by atoms with Crippen molar-refractivity contribution in [3.63, 3.8) is 0 Å². The lowest BCUT2D eigenvalue weighted by Gasteiger charge is -2.19. The molecule has 0 saturated heterocycles. The Morgan fingerprint density at radius 3 is 2.82 bits per heavy atom. The van der Waals surface area contributed by atoms with Gasteiger partial charge in [-0.2, -0.15) is 0 Å². The van der Waals surface area contributed by atoms with Crippen LogP contribution in [0.1, 0.15) is 17.7 Å². The maximum absolute atomic E-state index is 10.9. The van der Waals surface area contributed by atoms with E-state index in [0.29, 0.717) is 17.3 Å². The second kappa shape index (κ2) is 6.31. The van der Waals surface area contributed by atoms with Crippen molar-refractivity contribution >= 4 is 24.2 Å². The van der Waals surface area contributed by atoms with Crippen LogP contribution in [0.5, 0.6) is 0 Å². The Bertz CT molecular complexity index is 701. The number of likely N-dealkylation sites (N-methyl/N-ethyl adjacent to an activating group) is 1. The molecular formula is C14H18ClN5O2. The average Bonchev–Trinajstić information content (AvgIpc) is 3.04. The third-order valence-electron chi connectivity index (χ3n) is 3.58. The van der Waals surface area contributed by atoms with E-state index in [4.69, 9.17) is 5.11 Å². The molecule has 7 nitrogen and oxygen atoms in total. The first-order valence-electron chi connectivity index (χ1n) is 6.85. The van der Waals surface area contributed by atoms with Gasteiger partial charge in [-0.3, -0.25) is 4.79 Å². The van der Waals surface area contributed by atoms with Gasteiger partial charge in [-0.15, -0.1) is 12.4 Å². The molecule has 3 rings (SSSR count). The highest BCUT2D eigenvalue weighted by molar-refractivity contribution is 5.85. The van der Waals surface area contributed by atoms with Crippen molar-refractivity contribution < 1.29 is 9.90 Å². The van der Waals surface area contributed by atoms with E-state index in [2.05, 4.69) is 15.0 Å². The number of hydrogen-bond donors (Lipinski definition) is 1. The first kappa shape index (κ1) is 16.2. The van der Waals surface area contributed by atoms with Crippen molar-refractivity contribution in [3.8, 4) is 11.5 Å². The van der Waals surface area contributed by atoms with Crippen LogP contribution >= 0.6 is 12.4 Å². The number of imidazole rings is 1. The van der Waals surface area contributed by atoms with E-state index in [1.165, 1.54) is 0 Å². The Morgan fingerprint density at radius 1 is 1.41 bits per heavy atom. The van der Waals surface area contributed by atoms with E-state index in [0.717, 1.165) is 30.5 Å². The van der Waals surface area contributed by atoms with Gasteiger partial charge < -0.3 is 14.6 Å². The molecule has 0 radical (unpaired) electrons. The van der Waals surface area contributed by atoms with Crippen LogP contribution in [0.15, 0.2) is 12.5 Å². The topological polar surface area (TPSA) is 84.1 Å². The van der Waals surface area contributed by atoms with E-state index >= 15 is 0 Å². The van der Waals surface area contributed by atoms with Crippen molar-refractivity contribution in [1.29, 1.82) is 0 Å². The van der Waals surface area contributed by atoms with Gasteiger partial charge >= 0.3 is 5.97 Å². The van der Waals surface area contributed by atoms with Crippen molar-refractivity contribution in [2.75, 3.05) is 18.5 Å². The summed E-state index contributed by atoms with van der Waals surface area (Å²) in [6.07, 6.45) is 6.40. The molecule has 1 N–H and O–H groups in total. The van der Waals surface area contributed by atoms with Crippen molar-refractivity contribution in [1.82, 2.24) is 19.5 Å². The third kappa shape index (κ3) is 3.04. The molecule has 0 saturated carbocycles. The first-order chi connectivity index (χ1) is 10.0. The normalized spacial score (nSPS) is 12.6. The minimum absolute atomic E-state index is 0. The SMILES string of the molecule is CN(CC(=O)O)c1nc(-c2cn(C)cn2)nc2c1CCC2.Cl. The maximum Gasteiger partial charge on any atom is 0.323 e. The van der Waals surface area contributed by atoms with Gasteiger partial charge in [-0.05, 0) is 19.3 Å². The standard InChI is InChI=1S/C14H17N5O2.ClH/c1-18-6-11(15-8-18)13-16-10-5-3-4-9(10)14(17-13)19(2)7-12(20)21;/h6,8H,3-5,7H2,1-2H3,(H,20,21);1H. The quantitative estimate of drug-likeness (QED) is 0.913. The highest BCUT2D eigenvalue weighted by Crippen LogP contribution is 2.30. The van der Waals surface area contributed by atoms with Crippen LogP contribution in [0.3, 0.4) is 0 Å². The van der Waals surface area contributed by atoms with E-state index < -0.39 is 5.97 Å². The van der Waals surface area contributed by atoms with Crippen molar-refractivity contribution in [2.45, 2.75) is 19.3 Å². The number of hydrogen-bond acceptors (Lipinski definition) is 5. The number of aliphatic carboxylic acids is 1. The molecule has 1 aliphatic rings. The fourth-order valence-corrected chi connectivity index (χ4v) is 2.65. The Kier molecular flexibility index (Phi) is 4.65. The Balaban J connectivity index is 0.00000176. The molecule has 0 amide bonds. The van der Waals surface area contributed by atoms with Gasteiger partial charge in [-0.1, -0.05) is 0 Å². The highest BCUT2D eigenvalue weighted by atomic mass is 35.5. The average molecular weight is 324 g/mol. The number of aromatic nitrogens is 4. The van der Waals surface area contributed by atoms with Gasteiger partial charge in [0.2, 0.25) is 0 Å². The zero-order chi connectivity index (χ0) is 15.0. The van der Waals surface area contributed by atoms with Crippen LogP contribution in [0.25, 0.3) is 11.5 Å². The smallest absolute Gasteiger partial charge is 0.323 e. The molecule has 0 unspecified atom stereocenters. The van der Waals surface area contributed by atoms with Crippen LogP contribution in [0.4, 0.5) is 5.82 Å². The fourth-order valence-electron chi connectivity index (χ4n) is 2.65. The molecule has 2 aromatic rings. The molecule has 0 aliphatic heterocycles. The number of anilines is 1. The van der Waals surface area contributed by atoms with E-state index in [-0.39, 0.29) is 19.0 Å². The van der Waals surface area contributed by atoms with Gasteiger partial charge in [0.05, 0.1) is 6.33 Å². The molecule has 8 heteroatoms. The highest BCUT2D eigenvalue weighted by Gasteiger charge is 2.23. The fraction of sp³-hybridized carbons (Fsp3) is 0.429. The molecule has 1 aliphatic carbocycles. The molecule has 2 aromatic heterocycles. The summed E-state index contributed by atoms with van der Waals surface area (Å²) in [4.78, 5) is 26.0. The van der Waals surface area contributed by atoms with Gasteiger partial charge in [0.1, 0.15) is 18.1 Å². The molecule has 0 atom stereocenters. The summed E-state index contributed by atoms with van der Waals surface area (Å²) in [5.41, 5.74) is 2.79. The van der Waals surface area contributed by atoms with Crippen LogP contribution in [-0.2, 0) is 24.7 Å². The van der Waals surface area contributed by atoms with E-state index in [1.54, 1.807) is 18.3 Å². The molecule has 118 valence electrons. The lowest BCUT2D eigenvalue weighted by Crippen LogP contribution is -2.27. The number of rotatable bonds is 4.